The van der Waals surface area contributed by atoms with Crippen LogP contribution in [0.4, 0.5) is 4.39 Å². The number of carbonyl (C=O) groups is 1. The van der Waals surface area contributed by atoms with Crippen molar-refractivity contribution in [3.63, 3.8) is 0 Å². The van der Waals surface area contributed by atoms with E-state index in [1.807, 2.05) is 0 Å². The van der Waals surface area contributed by atoms with Gasteiger partial charge in [-0.15, -0.1) is 4.80 Å². The molecule has 1 aliphatic heterocycles. The van der Waals surface area contributed by atoms with Crippen LogP contribution in [-0.2, 0) is 16.1 Å². The van der Waals surface area contributed by atoms with E-state index in [9.17, 15) is 18.8 Å². The van der Waals surface area contributed by atoms with Gasteiger partial charge in [-0.1, -0.05) is 11.3 Å². The molecule has 4 heterocycles. The van der Waals surface area contributed by atoms with Crippen LogP contribution in [0.3, 0.4) is 0 Å². The number of benzene rings is 1. The summed E-state index contributed by atoms with van der Waals surface area (Å²) in [6.45, 7) is 2.25. The van der Waals surface area contributed by atoms with E-state index in [1.165, 1.54) is 58.4 Å². The van der Waals surface area contributed by atoms with E-state index in [1.54, 1.807) is 20.2 Å². The molecule has 1 aromatic carbocycles. The molecule has 1 N–H and O–H groups in total. The third-order valence-corrected chi connectivity index (χ3v) is 8.07. The number of amides is 1. The highest BCUT2D eigenvalue weighted by Gasteiger charge is 2.33. The summed E-state index contributed by atoms with van der Waals surface area (Å²) in [6.07, 6.45) is 4.66. The lowest BCUT2D eigenvalue weighted by Gasteiger charge is -2.23. The minimum Gasteiger partial charge on any atom is -0.496 e. The first-order valence-electron chi connectivity index (χ1n) is 12.6. The first-order chi connectivity index (χ1) is 19.3. The Morgan fingerprint density at radius 3 is 2.73 bits per heavy atom. The number of ether oxygens (including phenoxy) is 2. The minimum atomic E-state index is -0.954. The smallest absolute Gasteiger partial charge is 0.332 e. The number of hydrogen-bond acceptors (Lipinski definition) is 9. The summed E-state index contributed by atoms with van der Waals surface area (Å²) in [5, 5.41) is 11.9. The van der Waals surface area contributed by atoms with Gasteiger partial charge in [0.25, 0.3) is 5.56 Å². The maximum Gasteiger partial charge on any atom is 0.332 e. The molecule has 210 valence electrons. The summed E-state index contributed by atoms with van der Waals surface area (Å²) in [6, 6.07) is 3.12. The van der Waals surface area contributed by atoms with E-state index in [0.29, 0.717) is 46.1 Å². The maximum absolute atomic E-state index is 14.4. The van der Waals surface area contributed by atoms with Gasteiger partial charge in [0.2, 0.25) is 5.91 Å². The largest absolute Gasteiger partial charge is 0.496 e. The normalized spacial score (nSPS) is 16.2. The van der Waals surface area contributed by atoms with Crippen LogP contribution in [0.5, 0.6) is 5.75 Å². The minimum absolute atomic E-state index is 0.0844. The van der Waals surface area contributed by atoms with Crippen molar-refractivity contribution in [1.29, 1.82) is 0 Å². The van der Waals surface area contributed by atoms with Crippen LogP contribution in [0, 0.1) is 12.7 Å². The van der Waals surface area contributed by atoms with E-state index in [4.69, 9.17) is 9.47 Å². The van der Waals surface area contributed by atoms with Gasteiger partial charge in [-0.05, 0) is 31.5 Å². The second-order valence-corrected chi connectivity index (χ2v) is 10.1. The molecule has 0 unspecified atom stereocenters. The van der Waals surface area contributed by atoms with Gasteiger partial charge in [0.15, 0.2) is 0 Å². The average Bonchev–Trinajstić information content (AvgIpc) is 3.69. The molecule has 0 saturated carbocycles. The van der Waals surface area contributed by atoms with Crippen LogP contribution in [0.15, 0.2) is 45.2 Å². The molecule has 14 heteroatoms. The molecule has 2 atom stereocenters. The fourth-order valence-corrected chi connectivity index (χ4v) is 6.10. The molecule has 0 aliphatic carbocycles. The number of halogens is 1. The van der Waals surface area contributed by atoms with Crippen LogP contribution >= 0.6 is 11.3 Å². The Kier molecular flexibility index (Phi) is 7.89. The monoisotopic (exact) mass is 569 g/mol. The molecule has 0 radical (unpaired) electrons. The number of methoxy groups -OCH3 is 1. The lowest BCUT2D eigenvalue weighted by Crippen LogP contribution is -2.44. The molecule has 0 spiro atoms. The molecule has 1 amide bonds. The molecule has 40 heavy (non-hydrogen) atoms. The number of nitrogens with zero attached hydrogens (tertiary/aromatic N) is 6. The molecule has 1 aliphatic rings. The summed E-state index contributed by atoms with van der Waals surface area (Å²) in [4.78, 5) is 46.2. The van der Waals surface area contributed by atoms with Crippen LogP contribution < -0.4 is 21.3 Å². The summed E-state index contributed by atoms with van der Waals surface area (Å²) >= 11 is 1.18. The van der Waals surface area contributed by atoms with Crippen molar-refractivity contribution in [1.82, 2.24) is 29.4 Å². The van der Waals surface area contributed by atoms with Gasteiger partial charge in [-0.25, -0.2) is 13.8 Å². The molecule has 5 rings (SSSR count). The Labute approximate surface area is 231 Å². The molecule has 4 aromatic rings. The van der Waals surface area contributed by atoms with Crippen LogP contribution in [0.25, 0.3) is 15.2 Å². The lowest BCUT2D eigenvalue weighted by molar-refractivity contribution is -0.122. The van der Waals surface area contributed by atoms with E-state index in [2.05, 4.69) is 20.5 Å². The SMILES string of the molecule is C/N=C\CCO[C@@H](Cn1c(=O)n([C@@H]2CCNC2=O)c(=O)c2c(C)c(-n3nccn3)sc21)c1cc(F)ccc1OC. The van der Waals surface area contributed by atoms with Gasteiger partial charge >= 0.3 is 5.69 Å². The van der Waals surface area contributed by atoms with Crippen molar-refractivity contribution < 1.29 is 18.7 Å². The zero-order valence-corrected chi connectivity index (χ0v) is 23.0. The van der Waals surface area contributed by atoms with Gasteiger partial charge in [0.05, 0.1) is 38.0 Å². The van der Waals surface area contributed by atoms with Gasteiger partial charge in [0, 0.05) is 37.4 Å². The van der Waals surface area contributed by atoms with Gasteiger partial charge < -0.3 is 19.8 Å². The first-order valence-corrected chi connectivity index (χ1v) is 13.5. The highest BCUT2D eigenvalue weighted by molar-refractivity contribution is 7.21. The molecule has 1 saturated heterocycles. The van der Waals surface area contributed by atoms with E-state index in [0.717, 1.165) is 4.57 Å². The number of nitrogens with one attached hydrogen (secondary N) is 1. The Morgan fingerprint density at radius 1 is 1.27 bits per heavy atom. The number of aromatic nitrogens is 5. The Morgan fingerprint density at radius 2 is 2.05 bits per heavy atom. The first kappa shape index (κ1) is 27.4. The lowest BCUT2D eigenvalue weighted by atomic mass is 10.1. The van der Waals surface area contributed by atoms with Crippen molar-refractivity contribution in [3.8, 4) is 10.8 Å². The third-order valence-electron chi connectivity index (χ3n) is 6.79. The standard InChI is InChI=1S/C26H28FN7O5S/c1-15-21-23(36)33(18-7-9-29-22(18)35)26(37)32(25(21)40-24(15)34-30-10-11-31-34)14-20(39-12-4-8-28-2)17-13-16(27)5-6-19(17)38-3/h5-6,8,10-11,13,18,20H,4,7,9,12,14H2,1-3H3,(H,29,35)/b28-8-/t18-,20+/m1/s1. The number of hydrogen-bond donors (Lipinski definition) is 1. The second-order valence-electron chi connectivity index (χ2n) is 9.17. The summed E-state index contributed by atoms with van der Waals surface area (Å²) in [5.41, 5.74) is -0.262. The molecular formula is C26H28FN7O5S. The Bertz CT molecular complexity index is 1690. The molecule has 1 fully saturated rings. The molecule has 0 bridgehead atoms. The number of fused-ring (bicyclic) bond motifs is 1. The quantitative estimate of drug-likeness (QED) is 0.229. The zero-order valence-electron chi connectivity index (χ0n) is 22.2. The number of thiophene rings is 1. The molecular weight excluding hydrogens is 541 g/mol. The zero-order chi connectivity index (χ0) is 28.4. The third kappa shape index (κ3) is 4.95. The summed E-state index contributed by atoms with van der Waals surface area (Å²) in [5.74, 6) is -0.513. The Hall–Kier alpha value is -4.17. The number of aliphatic imine (C=N–C) groups is 1. The van der Waals surface area contributed by atoms with Crippen LogP contribution in [-0.4, -0.2) is 63.6 Å². The Balaban J connectivity index is 1.73. The van der Waals surface area contributed by atoms with Crippen molar-refractivity contribution in [2.45, 2.75) is 38.5 Å². The van der Waals surface area contributed by atoms with Crippen molar-refractivity contribution in [3.05, 3.63) is 68.4 Å². The van der Waals surface area contributed by atoms with Gasteiger partial charge in [0.1, 0.15) is 33.5 Å². The fraction of sp³-hybridized carbons (Fsp3) is 0.385. The average molecular weight is 570 g/mol. The summed E-state index contributed by atoms with van der Waals surface area (Å²) in [7, 11) is 3.11. The fourth-order valence-electron chi connectivity index (χ4n) is 4.88. The van der Waals surface area contributed by atoms with Gasteiger partial charge in [-0.2, -0.15) is 10.2 Å². The number of rotatable bonds is 10. The molecule has 3 aromatic heterocycles. The van der Waals surface area contributed by atoms with Crippen LogP contribution in [0.2, 0.25) is 0 Å². The van der Waals surface area contributed by atoms with E-state index < -0.39 is 35.1 Å². The van der Waals surface area contributed by atoms with Crippen molar-refractivity contribution >= 4 is 33.7 Å². The van der Waals surface area contributed by atoms with Crippen LogP contribution in [0.1, 0.15) is 36.1 Å². The van der Waals surface area contributed by atoms with Crippen molar-refractivity contribution in [2.24, 2.45) is 4.99 Å². The predicted molar refractivity (Wildman–Crippen MR) is 147 cm³/mol. The number of carbonyl (C=O) groups excluding carboxylic acids is 1. The number of aryl methyl sites for hydroxylation is 1. The second kappa shape index (κ2) is 11.5. The maximum atomic E-state index is 14.4. The van der Waals surface area contributed by atoms with Gasteiger partial charge in [-0.3, -0.25) is 14.2 Å². The summed E-state index contributed by atoms with van der Waals surface area (Å²) < 4.78 is 28.5. The highest BCUT2D eigenvalue weighted by atomic mass is 32.1. The highest BCUT2D eigenvalue weighted by Crippen LogP contribution is 2.34. The topological polar surface area (TPSA) is 135 Å². The molecule has 12 nitrogen and oxygen atoms in total. The van der Waals surface area contributed by atoms with Crippen molar-refractivity contribution in [2.75, 3.05) is 27.3 Å². The van der Waals surface area contributed by atoms with E-state index >= 15 is 0 Å². The van der Waals surface area contributed by atoms with E-state index in [-0.39, 0.29) is 18.5 Å². The predicted octanol–water partition coefficient (Wildman–Crippen LogP) is 2.17.